The van der Waals surface area contributed by atoms with E-state index in [-0.39, 0.29) is 34.4 Å². The van der Waals surface area contributed by atoms with Crippen molar-refractivity contribution in [1.29, 1.82) is 0 Å². The van der Waals surface area contributed by atoms with Crippen LogP contribution in [0.3, 0.4) is 0 Å². The van der Waals surface area contributed by atoms with Gasteiger partial charge in [-0.25, -0.2) is 9.59 Å². The van der Waals surface area contributed by atoms with Gasteiger partial charge in [0.1, 0.15) is 6.10 Å². The van der Waals surface area contributed by atoms with Crippen LogP contribution in [-0.4, -0.2) is 35.4 Å². The van der Waals surface area contributed by atoms with Gasteiger partial charge in [-0.1, -0.05) is 39.3 Å². The number of nitro benzene ring substituents is 1. The third-order valence-electron chi connectivity index (χ3n) is 6.32. The van der Waals surface area contributed by atoms with Gasteiger partial charge in [0.15, 0.2) is 12.4 Å². The molecule has 0 saturated heterocycles. The zero-order valence-corrected chi connectivity index (χ0v) is 19.6. The zero-order valence-electron chi connectivity index (χ0n) is 19.6. The Balaban J connectivity index is 1.67. The summed E-state index contributed by atoms with van der Waals surface area (Å²) < 4.78 is 11.0. The lowest BCUT2D eigenvalue weighted by molar-refractivity contribution is -0.384. The van der Waals surface area contributed by atoms with E-state index < -0.39 is 29.3 Å². The molecule has 1 aliphatic carbocycles. The number of esters is 2. The van der Waals surface area contributed by atoms with Gasteiger partial charge < -0.3 is 9.47 Å². The topological polar surface area (TPSA) is 113 Å². The molecular weight excluding hydrogens is 438 g/mol. The molecule has 0 radical (unpaired) electrons. The van der Waals surface area contributed by atoms with Gasteiger partial charge in [0.2, 0.25) is 0 Å². The van der Waals surface area contributed by atoms with Crippen molar-refractivity contribution in [1.82, 2.24) is 0 Å². The number of hydrogen-bond donors (Lipinski definition) is 0. The van der Waals surface area contributed by atoms with Crippen molar-refractivity contribution in [3.05, 3.63) is 75.3 Å². The smallest absolute Gasteiger partial charge is 0.339 e. The molecule has 0 amide bonds. The first-order valence-electron chi connectivity index (χ1n) is 11.4. The predicted octanol–water partition coefficient (Wildman–Crippen LogP) is 5.25. The fourth-order valence-corrected chi connectivity index (χ4v) is 4.35. The zero-order chi connectivity index (χ0) is 24.8. The SMILES string of the molecule is CC(C)[C@@H]1CC[C@@H](C)C[C@H]1OC(=O)c1ccccc1C(=O)OCC(=O)c1ccc([N+](=O)[O-])cc1. The summed E-state index contributed by atoms with van der Waals surface area (Å²) in [7, 11) is 0. The standard InChI is InChI=1S/C26H29NO7/c1-16(2)20-13-8-17(3)14-24(20)34-26(30)22-7-5-4-6-21(22)25(29)33-15-23(28)18-9-11-19(12-10-18)27(31)32/h4-7,9-12,16-17,20,24H,8,13-15H2,1-3H3/t17-,20+,24-/m1/s1. The van der Waals surface area contributed by atoms with Gasteiger partial charge in [0.25, 0.3) is 5.69 Å². The molecule has 8 nitrogen and oxygen atoms in total. The molecule has 1 fully saturated rings. The molecule has 1 saturated carbocycles. The number of benzene rings is 2. The Morgan fingerprint density at radius 2 is 1.62 bits per heavy atom. The monoisotopic (exact) mass is 467 g/mol. The largest absolute Gasteiger partial charge is 0.458 e. The second-order valence-corrected chi connectivity index (χ2v) is 9.12. The maximum atomic E-state index is 13.0. The van der Waals surface area contributed by atoms with Crippen LogP contribution in [0.25, 0.3) is 0 Å². The maximum absolute atomic E-state index is 13.0. The molecule has 0 aliphatic heterocycles. The summed E-state index contributed by atoms with van der Waals surface area (Å²) in [4.78, 5) is 48.2. The van der Waals surface area contributed by atoms with Crippen molar-refractivity contribution in [3.63, 3.8) is 0 Å². The fraction of sp³-hybridized carbons (Fsp3) is 0.423. The Hall–Kier alpha value is -3.55. The van der Waals surface area contributed by atoms with Gasteiger partial charge in [-0.05, 0) is 54.9 Å². The van der Waals surface area contributed by atoms with E-state index in [2.05, 4.69) is 20.8 Å². The first-order chi connectivity index (χ1) is 16.2. The average molecular weight is 468 g/mol. The van der Waals surface area contributed by atoms with Crippen LogP contribution in [-0.2, 0) is 9.47 Å². The van der Waals surface area contributed by atoms with E-state index in [9.17, 15) is 24.5 Å². The van der Waals surface area contributed by atoms with Gasteiger partial charge in [0, 0.05) is 17.7 Å². The number of non-ortho nitro benzene ring substituents is 1. The molecule has 0 heterocycles. The summed E-state index contributed by atoms with van der Waals surface area (Å²) in [5, 5.41) is 10.7. The number of hydrogen-bond acceptors (Lipinski definition) is 7. The van der Waals surface area contributed by atoms with E-state index in [0.29, 0.717) is 11.8 Å². The Labute approximate surface area is 198 Å². The third kappa shape index (κ3) is 6.07. The molecule has 1 aliphatic rings. The van der Waals surface area contributed by atoms with Crippen LogP contribution in [0, 0.1) is 27.9 Å². The number of nitrogens with zero attached hydrogens (tertiary/aromatic N) is 1. The van der Waals surface area contributed by atoms with Gasteiger partial charge in [-0.15, -0.1) is 0 Å². The van der Waals surface area contributed by atoms with Crippen molar-refractivity contribution in [2.24, 2.45) is 17.8 Å². The van der Waals surface area contributed by atoms with Crippen molar-refractivity contribution < 1.29 is 28.8 Å². The Bertz CT molecular complexity index is 1060. The first kappa shape index (κ1) is 25.1. The number of carbonyl (C=O) groups excluding carboxylic acids is 3. The third-order valence-corrected chi connectivity index (χ3v) is 6.32. The maximum Gasteiger partial charge on any atom is 0.339 e. The molecule has 180 valence electrons. The highest BCUT2D eigenvalue weighted by Crippen LogP contribution is 2.35. The van der Waals surface area contributed by atoms with Crippen molar-refractivity contribution in [2.45, 2.75) is 46.1 Å². The second-order valence-electron chi connectivity index (χ2n) is 9.12. The predicted molar refractivity (Wildman–Crippen MR) is 125 cm³/mol. The molecule has 0 unspecified atom stereocenters. The summed E-state index contributed by atoms with van der Waals surface area (Å²) in [6.45, 7) is 5.82. The molecule has 3 atom stereocenters. The van der Waals surface area contributed by atoms with Crippen LogP contribution in [0.4, 0.5) is 5.69 Å². The normalized spacial score (nSPS) is 19.9. The molecule has 2 aromatic carbocycles. The molecule has 3 rings (SSSR count). The van der Waals surface area contributed by atoms with Gasteiger partial charge in [-0.2, -0.15) is 0 Å². The number of nitro groups is 1. The minimum absolute atomic E-state index is 0.0222. The van der Waals surface area contributed by atoms with Crippen LogP contribution < -0.4 is 0 Å². The van der Waals surface area contributed by atoms with Gasteiger partial charge in [0.05, 0.1) is 16.1 Å². The minimum atomic E-state index is -0.819. The van der Waals surface area contributed by atoms with Crippen molar-refractivity contribution >= 4 is 23.4 Å². The Kier molecular flexibility index (Phi) is 8.15. The molecule has 8 heteroatoms. The lowest BCUT2D eigenvalue weighted by Gasteiger charge is -2.36. The molecule has 34 heavy (non-hydrogen) atoms. The summed E-state index contributed by atoms with van der Waals surface area (Å²) in [5.41, 5.74) is 0.148. The van der Waals surface area contributed by atoms with Crippen LogP contribution >= 0.6 is 0 Å². The molecular formula is C26H29NO7. The van der Waals surface area contributed by atoms with E-state index in [1.165, 1.54) is 36.4 Å². The highest BCUT2D eigenvalue weighted by Gasteiger charge is 2.34. The van der Waals surface area contributed by atoms with E-state index in [4.69, 9.17) is 9.47 Å². The lowest BCUT2D eigenvalue weighted by atomic mass is 9.75. The lowest BCUT2D eigenvalue weighted by Crippen LogP contribution is -2.36. The van der Waals surface area contributed by atoms with Crippen molar-refractivity contribution in [2.75, 3.05) is 6.61 Å². The van der Waals surface area contributed by atoms with E-state index in [1.54, 1.807) is 12.1 Å². The van der Waals surface area contributed by atoms with E-state index in [1.807, 2.05) is 0 Å². The minimum Gasteiger partial charge on any atom is -0.458 e. The average Bonchev–Trinajstić information content (AvgIpc) is 2.82. The molecule has 0 N–H and O–H groups in total. The van der Waals surface area contributed by atoms with E-state index >= 15 is 0 Å². The summed E-state index contributed by atoms with van der Waals surface area (Å²) in [6, 6.07) is 11.2. The van der Waals surface area contributed by atoms with Crippen molar-refractivity contribution in [3.8, 4) is 0 Å². The van der Waals surface area contributed by atoms with Gasteiger partial charge in [-0.3, -0.25) is 14.9 Å². The highest BCUT2D eigenvalue weighted by atomic mass is 16.6. The molecule has 0 bridgehead atoms. The molecule has 2 aromatic rings. The number of carbonyl (C=O) groups is 3. The summed E-state index contributed by atoms with van der Waals surface area (Å²) >= 11 is 0. The quantitative estimate of drug-likeness (QED) is 0.225. The van der Waals surface area contributed by atoms with Crippen LogP contribution in [0.1, 0.15) is 71.1 Å². The Morgan fingerprint density at radius 1 is 1.00 bits per heavy atom. The van der Waals surface area contributed by atoms with Crippen LogP contribution in [0.5, 0.6) is 0 Å². The van der Waals surface area contributed by atoms with Gasteiger partial charge >= 0.3 is 11.9 Å². The molecule has 0 spiro atoms. The number of Topliss-reactive ketones (excluding diaryl/α,β-unsaturated/α-hetero) is 1. The van der Waals surface area contributed by atoms with E-state index in [0.717, 1.165) is 19.3 Å². The number of ether oxygens (including phenoxy) is 2. The number of rotatable bonds is 8. The van der Waals surface area contributed by atoms with Crippen LogP contribution in [0.2, 0.25) is 0 Å². The second kappa shape index (κ2) is 11.0. The van der Waals surface area contributed by atoms with Crippen LogP contribution in [0.15, 0.2) is 48.5 Å². The number of ketones is 1. The highest BCUT2D eigenvalue weighted by molar-refractivity contribution is 6.04. The summed E-state index contributed by atoms with van der Waals surface area (Å²) in [5.74, 6) is -0.827. The molecule has 0 aromatic heterocycles. The summed E-state index contributed by atoms with van der Waals surface area (Å²) in [6.07, 6.45) is 2.66. The fourth-order valence-electron chi connectivity index (χ4n) is 4.35. The first-order valence-corrected chi connectivity index (χ1v) is 11.4. The Morgan fingerprint density at radius 3 is 2.21 bits per heavy atom.